The molecule has 0 amide bonds. The topological polar surface area (TPSA) is 45.3 Å². The molecule has 2 aliphatic heterocycles. The van der Waals surface area contributed by atoms with Crippen molar-refractivity contribution in [2.45, 2.75) is 76.4 Å². The second kappa shape index (κ2) is 8.93. The van der Waals surface area contributed by atoms with Gasteiger partial charge in [-0.3, -0.25) is 0 Å². The molecular weight excluding hydrogens is 240 g/mol. The minimum Gasteiger partial charge on any atom is -0.396 e. The Morgan fingerprint density at radius 1 is 0.789 bits per heavy atom. The maximum Gasteiger partial charge on any atom is 0.0812 e. The highest BCUT2D eigenvalue weighted by molar-refractivity contribution is 4.79. The van der Waals surface area contributed by atoms with E-state index in [0.717, 1.165) is 25.6 Å². The molecule has 1 N–H and O–H groups in total. The molecule has 0 aromatic heterocycles. The first-order valence-corrected chi connectivity index (χ1v) is 8.22. The van der Waals surface area contributed by atoms with Crippen LogP contribution in [0.3, 0.4) is 0 Å². The lowest BCUT2D eigenvalue weighted by atomic mass is 9.91. The smallest absolute Gasteiger partial charge is 0.0812 e. The van der Waals surface area contributed by atoms with Crippen LogP contribution in [0.4, 0.5) is 0 Å². The highest BCUT2D eigenvalue weighted by Crippen LogP contribution is 2.30. The molecule has 0 aliphatic carbocycles. The van der Waals surface area contributed by atoms with Gasteiger partial charge in [0.25, 0.3) is 0 Å². The van der Waals surface area contributed by atoms with E-state index in [4.69, 9.17) is 14.6 Å². The summed E-state index contributed by atoms with van der Waals surface area (Å²) in [6, 6.07) is 0. The van der Waals surface area contributed by atoms with Gasteiger partial charge < -0.3 is 14.6 Å². The average Bonchev–Trinajstić information content (AvgIpc) is 3.28. The maximum atomic E-state index is 8.70. The minimum absolute atomic E-state index is 0.355. The van der Waals surface area contributed by atoms with Gasteiger partial charge in [-0.15, -0.1) is 0 Å². The zero-order chi connectivity index (χ0) is 13.3. The number of ether oxygens (including phenoxy) is 2. The lowest BCUT2D eigenvalue weighted by Crippen LogP contribution is -2.08. The third-order valence-electron chi connectivity index (χ3n) is 4.27. The third kappa shape index (κ3) is 7.91. The highest BCUT2D eigenvalue weighted by atomic mass is 16.6. The fourth-order valence-electron chi connectivity index (χ4n) is 2.91. The Morgan fingerprint density at radius 3 is 1.74 bits per heavy atom. The number of hydrogen-bond acceptors (Lipinski definition) is 3. The summed E-state index contributed by atoms with van der Waals surface area (Å²) in [5.74, 6) is 0.828. The summed E-state index contributed by atoms with van der Waals surface area (Å²) in [6.07, 6.45) is 13.9. The monoisotopic (exact) mass is 270 g/mol. The van der Waals surface area contributed by atoms with E-state index in [1.54, 1.807) is 0 Å². The van der Waals surface area contributed by atoms with Gasteiger partial charge in [0.2, 0.25) is 0 Å². The van der Waals surface area contributed by atoms with Crippen molar-refractivity contribution in [2.24, 2.45) is 5.92 Å². The predicted molar refractivity (Wildman–Crippen MR) is 76.2 cm³/mol. The van der Waals surface area contributed by atoms with Gasteiger partial charge in [0.05, 0.1) is 25.4 Å². The van der Waals surface area contributed by atoms with Crippen LogP contribution in [0.1, 0.15) is 64.2 Å². The second-order valence-corrected chi connectivity index (χ2v) is 6.24. The van der Waals surface area contributed by atoms with Crippen LogP contribution in [-0.2, 0) is 9.47 Å². The fourth-order valence-corrected chi connectivity index (χ4v) is 2.91. The summed E-state index contributed by atoms with van der Waals surface area (Å²) in [5.41, 5.74) is 0. The van der Waals surface area contributed by atoms with Gasteiger partial charge in [-0.2, -0.15) is 0 Å². The van der Waals surface area contributed by atoms with Crippen molar-refractivity contribution in [3.8, 4) is 0 Å². The largest absolute Gasteiger partial charge is 0.396 e. The van der Waals surface area contributed by atoms with Gasteiger partial charge in [0.1, 0.15) is 0 Å². The first-order chi connectivity index (χ1) is 9.38. The number of aliphatic hydroxyl groups is 1. The predicted octanol–water partition coefficient (Wildman–Crippen LogP) is 3.29. The molecule has 2 aliphatic rings. The Hall–Kier alpha value is -0.120. The summed E-state index contributed by atoms with van der Waals surface area (Å²) in [7, 11) is 0. The van der Waals surface area contributed by atoms with Crippen molar-refractivity contribution in [3.63, 3.8) is 0 Å². The van der Waals surface area contributed by atoms with E-state index in [2.05, 4.69) is 0 Å². The maximum absolute atomic E-state index is 8.70. The van der Waals surface area contributed by atoms with Crippen LogP contribution in [0.5, 0.6) is 0 Å². The molecule has 0 aromatic rings. The normalized spacial score (nSPS) is 26.4. The Balaban J connectivity index is 1.42. The molecule has 2 fully saturated rings. The van der Waals surface area contributed by atoms with Gasteiger partial charge in [-0.05, 0) is 25.2 Å². The van der Waals surface area contributed by atoms with Crippen molar-refractivity contribution < 1.29 is 14.6 Å². The van der Waals surface area contributed by atoms with Gasteiger partial charge in [0, 0.05) is 6.61 Å². The fraction of sp³-hybridized carbons (Fsp3) is 1.00. The van der Waals surface area contributed by atoms with E-state index in [-0.39, 0.29) is 0 Å². The molecule has 2 unspecified atom stereocenters. The summed E-state index contributed by atoms with van der Waals surface area (Å²) in [5, 5.41) is 8.70. The molecule has 2 heterocycles. The van der Waals surface area contributed by atoms with Crippen LogP contribution >= 0.6 is 0 Å². The van der Waals surface area contributed by atoms with Crippen LogP contribution in [0, 0.1) is 5.92 Å². The molecule has 2 saturated heterocycles. The van der Waals surface area contributed by atoms with Crippen LogP contribution in [0.2, 0.25) is 0 Å². The standard InChI is InChI=1S/C16H30O3/c17-9-7-5-3-1-2-4-6-8-14(10-15-12-18-15)11-16-13-19-16/h14-17H,1-13H2. The molecule has 112 valence electrons. The van der Waals surface area contributed by atoms with E-state index in [1.807, 2.05) is 0 Å². The highest BCUT2D eigenvalue weighted by Gasteiger charge is 2.31. The summed E-state index contributed by atoms with van der Waals surface area (Å²) in [4.78, 5) is 0. The van der Waals surface area contributed by atoms with Crippen LogP contribution in [0.25, 0.3) is 0 Å². The SMILES string of the molecule is OCCCCCCCCCC(CC1CO1)CC1CO1. The number of rotatable bonds is 13. The van der Waals surface area contributed by atoms with E-state index >= 15 is 0 Å². The molecule has 0 saturated carbocycles. The van der Waals surface area contributed by atoms with Gasteiger partial charge in [-0.25, -0.2) is 0 Å². The lowest BCUT2D eigenvalue weighted by molar-refractivity contribution is 0.281. The van der Waals surface area contributed by atoms with E-state index < -0.39 is 0 Å². The first-order valence-electron chi connectivity index (χ1n) is 8.22. The molecule has 0 bridgehead atoms. The second-order valence-electron chi connectivity index (χ2n) is 6.24. The molecule has 0 radical (unpaired) electrons. The third-order valence-corrected chi connectivity index (χ3v) is 4.27. The zero-order valence-corrected chi connectivity index (χ0v) is 12.2. The Morgan fingerprint density at radius 2 is 1.26 bits per heavy atom. The quantitative estimate of drug-likeness (QED) is 0.412. The molecule has 19 heavy (non-hydrogen) atoms. The van der Waals surface area contributed by atoms with E-state index in [1.165, 1.54) is 57.8 Å². The molecule has 2 atom stereocenters. The number of hydrogen-bond donors (Lipinski definition) is 1. The molecular formula is C16H30O3. The Bertz CT molecular complexity index is 210. The van der Waals surface area contributed by atoms with Crippen molar-refractivity contribution in [2.75, 3.05) is 19.8 Å². The number of aliphatic hydroxyl groups excluding tert-OH is 1. The Kier molecular flexibility index (Phi) is 7.18. The van der Waals surface area contributed by atoms with Gasteiger partial charge >= 0.3 is 0 Å². The average molecular weight is 270 g/mol. The van der Waals surface area contributed by atoms with Crippen LogP contribution in [0.15, 0.2) is 0 Å². The van der Waals surface area contributed by atoms with Crippen molar-refractivity contribution in [1.82, 2.24) is 0 Å². The lowest BCUT2D eigenvalue weighted by Gasteiger charge is -2.14. The molecule has 0 spiro atoms. The molecule has 0 aromatic carbocycles. The van der Waals surface area contributed by atoms with Gasteiger partial charge in [0.15, 0.2) is 0 Å². The molecule has 2 rings (SSSR count). The van der Waals surface area contributed by atoms with Crippen LogP contribution < -0.4 is 0 Å². The summed E-state index contributed by atoms with van der Waals surface area (Å²) < 4.78 is 10.7. The van der Waals surface area contributed by atoms with Crippen LogP contribution in [-0.4, -0.2) is 37.1 Å². The van der Waals surface area contributed by atoms with E-state index in [9.17, 15) is 0 Å². The summed E-state index contributed by atoms with van der Waals surface area (Å²) >= 11 is 0. The molecule has 3 nitrogen and oxygen atoms in total. The van der Waals surface area contributed by atoms with Gasteiger partial charge in [-0.1, -0.05) is 44.9 Å². The first kappa shape index (κ1) is 15.3. The zero-order valence-electron chi connectivity index (χ0n) is 12.2. The van der Waals surface area contributed by atoms with Crippen molar-refractivity contribution in [1.29, 1.82) is 0 Å². The summed E-state index contributed by atoms with van der Waals surface area (Å²) in [6.45, 7) is 2.34. The van der Waals surface area contributed by atoms with Crippen molar-refractivity contribution in [3.05, 3.63) is 0 Å². The minimum atomic E-state index is 0.355. The van der Waals surface area contributed by atoms with E-state index in [0.29, 0.717) is 18.8 Å². The molecule has 3 heteroatoms. The number of unbranched alkanes of at least 4 members (excludes halogenated alkanes) is 6. The Labute approximate surface area is 117 Å². The van der Waals surface area contributed by atoms with Crippen molar-refractivity contribution >= 4 is 0 Å². The number of epoxide rings is 2.